The van der Waals surface area contributed by atoms with Crippen molar-refractivity contribution < 1.29 is 9.44 Å². The lowest BCUT2D eigenvalue weighted by molar-refractivity contribution is -0.875. The minimum atomic E-state index is -0.276. The number of hydrogen-bond acceptors (Lipinski definition) is 3. The summed E-state index contributed by atoms with van der Waals surface area (Å²) >= 11 is 0. The molecule has 5 heteroatoms. The van der Waals surface area contributed by atoms with Crippen LogP contribution in [-0.4, -0.2) is 36.7 Å². The third kappa shape index (κ3) is 4.01. The molecular weight excluding hydrogens is 230 g/mol. The maximum Gasteiger partial charge on any atom is 0.251 e. The van der Waals surface area contributed by atoms with Crippen LogP contribution in [0.2, 0.25) is 0 Å². The summed E-state index contributed by atoms with van der Waals surface area (Å²) < 4.78 is -0.276. The predicted octanol–water partition coefficient (Wildman–Crippen LogP) is 1.35. The number of quaternary nitrogens is 1. The van der Waals surface area contributed by atoms with Crippen molar-refractivity contribution in [3.63, 3.8) is 0 Å². The standard InChI is InChI=1S/C13H21N3O2/c1-3-16(18,4-2)10-9-15-13(17)11-5-7-12(14)8-6-11/h5-8H,3-4,9-10,14H2,1-2H3,(H,15,17). The van der Waals surface area contributed by atoms with Crippen molar-refractivity contribution in [2.75, 3.05) is 31.9 Å². The lowest BCUT2D eigenvalue weighted by atomic mass is 10.2. The minimum Gasteiger partial charge on any atom is -0.633 e. The van der Waals surface area contributed by atoms with Gasteiger partial charge in [0.2, 0.25) is 0 Å². The molecule has 0 radical (unpaired) electrons. The Kier molecular flexibility index (Phi) is 5.12. The van der Waals surface area contributed by atoms with Gasteiger partial charge >= 0.3 is 0 Å². The third-order valence-corrected chi connectivity index (χ3v) is 3.13. The van der Waals surface area contributed by atoms with Crippen molar-refractivity contribution in [1.29, 1.82) is 0 Å². The third-order valence-electron chi connectivity index (χ3n) is 3.13. The largest absolute Gasteiger partial charge is 0.633 e. The van der Waals surface area contributed by atoms with E-state index in [4.69, 9.17) is 5.73 Å². The van der Waals surface area contributed by atoms with E-state index in [1.54, 1.807) is 24.3 Å². The van der Waals surface area contributed by atoms with Crippen LogP contribution in [0, 0.1) is 5.21 Å². The lowest BCUT2D eigenvalue weighted by Gasteiger charge is -2.40. The van der Waals surface area contributed by atoms with Crippen molar-refractivity contribution in [3.05, 3.63) is 35.0 Å². The van der Waals surface area contributed by atoms with Gasteiger partial charge in [-0.25, -0.2) is 0 Å². The molecule has 1 aromatic rings. The van der Waals surface area contributed by atoms with Crippen molar-refractivity contribution in [3.8, 4) is 0 Å². The van der Waals surface area contributed by atoms with E-state index in [1.165, 1.54) is 0 Å². The molecule has 18 heavy (non-hydrogen) atoms. The van der Waals surface area contributed by atoms with E-state index >= 15 is 0 Å². The molecule has 0 fully saturated rings. The molecule has 0 spiro atoms. The molecule has 1 amide bonds. The molecule has 0 atom stereocenters. The summed E-state index contributed by atoms with van der Waals surface area (Å²) in [5.74, 6) is -0.172. The van der Waals surface area contributed by atoms with Gasteiger partial charge in [0, 0.05) is 11.3 Å². The van der Waals surface area contributed by atoms with Gasteiger partial charge in [0.05, 0.1) is 26.2 Å². The number of nitrogen functional groups attached to an aromatic ring is 1. The van der Waals surface area contributed by atoms with Crippen molar-refractivity contribution in [1.82, 2.24) is 5.32 Å². The smallest absolute Gasteiger partial charge is 0.251 e. The van der Waals surface area contributed by atoms with Gasteiger partial charge in [-0.05, 0) is 38.1 Å². The van der Waals surface area contributed by atoms with Gasteiger partial charge < -0.3 is 20.9 Å². The van der Waals surface area contributed by atoms with Crippen LogP contribution in [0.15, 0.2) is 24.3 Å². The van der Waals surface area contributed by atoms with E-state index in [0.717, 1.165) is 0 Å². The molecule has 1 rings (SSSR count). The monoisotopic (exact) mass is 251 g/mol. The summed E-state index contributed by atoms with van der Waals surface area (Å²) in [7, 11) is 0. The molecule has 0 bridgehead atoms. The van der Waals surface area contributed by atoms with Crippen LogP contribution >= 0.6 is 0 Å². The number of anilines is 1. The van der Waals surface area contributed by atoms with Gasteiger partial charge in [0.25, 0.3) is 5.91 Å². The fourth-order valence-corrected chi connectivity index (χ4v) is 1.65. The average molecular weight is 251 g/mol. The van der Waals surface area contributed by atoms with E-state index < -0.39 is 0 Å². The fourth-order valence-electron chi connectivity index (χ4n) is 1.65. The minimum absolute atomic E-state index is 0.172. The van der Waals surface area contributed by atoms with Gasteiger partial charge in [-0.3, -0.25) is 4.79 Å². The first kappa shape index (κ1) is 14.5. The van der Waals surface area contributed by atoms with E-state index in [1.807, 2.05) is 13.8 Å². The SMILES string of the molecule is CC[N+]([O-])(CC)CCNC(=O)c1ccc(N)cc1. The van der Waals surface area contributed by atoms with Gasteiger partial charge in [0.15, 0.2) is 0 Å². The highest BCUT2D eigenvalue weighted by atomic mass is 16.5. The number of hydroxylamine groups is 3. The summed E-state index contributed by atoms with van der Waals surface area (Å²) in [4.78, 5) is 11.8. The second-order valence-corrected chi connectivity index (χ2v) is 4.29. The van der Waals surface area contributed by atoms with Crippen molar-refractivity contribution in [2.24, 2.45) is 0 Å². The molecule has 0 saturated carbocycles. The highest BCUT2D eigenvalue weighted by Gasteiger charge is 2.12. The molecule has 0 aliphatic carbocycles. The van der Waals surface area contributed by atoms with Gasteiger partial charge in [-0.2, -0.15) is 0 Å². The highest BCUT2D eigenvalue weighted by molar-refractivity contribution is 5.94. The van der Waals surface area contributed by atoms with E-state index in [9.17, 15) is 10.0 Å². The van der Waals surface area contributed by atoms with Gasteiger partial charge in [-0.1, -0.05) is 0 Å². The highest BCUT2D eigenvalue weighted by Crippen LogP contribution is 2.05. The molecule has 5 nitrogen and oxygen atoms in total. The van der Waals surface area contributed by atoms with E-state index in [0.29, 0.717) is 37.4 Å². The zero-order chi connectivity index (χ0) is 13.6. The summed E-state index contributed by atoms with van der Waals surface area (Å²) in [6, 6.07) is 6.70. The molecular formula is C13H21N3O2. The number of likely N-dealkylation sites (N-methyl/N-ethyl adjacent to an activating group) is 1. The number of carbonyl (C=O) groups excluding carboxylic acids is 1. The van der Waals surface area contributed by atoms with Crippen LogP contribution in [0.3, 0.4) is 0 Å². The molecule has 0 aromatic heterocycles. The normalized spacial score (nSPS) is 11.3. The van der Waals surface area contributed by atoms with Crippen LogP contribution in [0.25, 0.3) is 0 Å². The second-order valence-electron chi connectivity index (χ2n) is 4.29. The first-order valence-corrected chi connectivity index (χ1v) is 6.21. The molecule has 0 saturated heterocycles. The Bertz CT molecular complexity index is 386. The topological polar surface area (TPSA) is 78.2 Å². The number of rotatable bonds is 6. The number of nitrogens with one attached hydrogen (secondary N) is 1. The van der Waals surface area contributed by atoms with Crippen LogP contribution in [-0.2, 0) is 0 Å². The summed E-state index contributed by atoms with van der Waals surface area (Å²) in [6.07, 6.45) is 0. The van der Waals surface area contributed by atoms with E-state index in [-0.39, 0.29) is 10.6 Å². The second kappa shape index (κ2) is 6.37. The first-order chi connectivity index (χ1) is 8.50. The van der Waals surface area contributed by atoms with Crippen LogP contribution < -0.4 is 11.1 Å². The van der Waals surface area contributed by atoms with Crippen molar-refractivity contribution >= 4 is 11.6 Å². The zero-order valence-corrected chi connectivity index (χ0v) is 11.0. The lowest BCUT2D eigenvalue weighted by Crippen LogP contribution is -2.46. The number of benzene rings is 1. The molecule has 1 aromatic carbocycles. The Morgan fingerprint density at radius 2 is 1.83 bits per heavy atom. The Balaban J connectivity index is 2.44. The predicted molar refractivity (Wildman–Crippen MR) is 72.8 cm³/mol. The van der Waals surface area contributed by atoms with Gasteiger partial charge in [-0.15, -0.1) is 0 Å². The molecule has 0 unspecified atom stereocenters. The Morgan fingerprint density at radius 1 is 1.28 bits per heavy atom. The summed E-state index contributed by atoms with van der Waals surface area (Å²) in [5.41, 5.74) is 6.73. The first-order valence-electron chi connectivity index (χ1n) is 6.21. The van der Waals surface area contributed by atoms with Crippen molar-refractivity contribution in [2.45, 2.75) is 13.8 Å². The van der Waals surface area contributed by atoms with Crippen LogP contribution in [0.5, 0.6) is 0 Å². The quantitative estimate of drug-likeness (QED) is 0.455. The molecule has 0 heterocycles. The Hall–Kier alpha value is -1.59. The zero-order valence-electron chi connectivity index (χ0n) is 11.0. The molecule has 3 N–H and O–H groups in total. The maximum absolute atomic E-state index is 12.0. The van der Waals surface area contributed by atoms with Crippen LogP contribution in [0.4, 0.5) is 5.69 Å². The Labute approximate surface area is 108 Å². The average Bonchev–Trinajstić information content (AvgIpc) is 2.39. The molecule has 0 aliphatic rings. The summed E-state index contributed by atoms with van der Waals surface area (Å²) in [6.45, 7) is 5.54. The van der Waals surface area contributed by atoms with Gasteiger partial charge in [0.1, 0.15) is 0 Å². The number of amides is 1. The number of nitrogens with zero attached hydrogens (tertiary/aromatic N) is 1. The fraction of sp³-hybridized carbons (Fsp3) is 0.462. The maximum atomic E-state index is 12.0. The molecule has 100 valence electrons. The number of hydrogen-bond donors (Lipinski definition) is 2. The Morgan fingerprint density at radius 3 is 2.33 bits per heavy atom. The van der Waals surface area contributed by atoms with E-state index in [2.05, 4.69) is 5.32 Å². The number of carbonyl (C=O) groups is 1. The summed E-state index contributed by atoms with van der Waals surface area (Å²) in [5, 5.41) is 14.7. The van der Waals surface area contributed by atoms with Crippen LogP contribution in [0.1, 0.15) is 24.2 Å². The number of nitrogens with two attached hydrogens (primary N) is 1. The molecule has 0 aliphatic heterocycles.